The van der Waals surface area contributed by atoms with Crippen LogP contribution in [0.2, 0.25) is 0 Å². The van der Waals surface area contributed by atoms with Gasteiger partial charge in [0.2, 0.25) is 0 Å². The van der Waals surface area contributed by atoms with Crippen molar-refractivity contribution < 1.29 is 19.7 Å². The summed E-state index contributed by atoms with van der Waals surface area (Å²) in [5.74, 6) is 1.88. The standard InChI is InChI=1S/C40H53N3O4/c1-5-6-7-8-9-10-11-12-13-14-17-24-46-27-32(44)28-47-33-21-23-36(37(45)26-33)40-42-38(34-19-16-15-18-30(34)3)41-39(43-40)35-22-20-29(2)25-31(35)4/h15-16,18-23,25-26,32,44-45H,5-14,17,24,27-28H2,1-4H3. The van der Waals surface area contributed by atoms with E-state index >= 15 is 0 Å². The lowest BCUT2D eigenvalue weighted by atomic mass is 10.0. The number of rotatable bonds is 20. The predicted molar refractivity (Wildman–Crippen MR) is 191 cm³/mol. The van der Waals surface area contributed by atoms with E-state index in [-0.39, 0.29) is 19.0 Å². The molecular formula is C40H53N3O4. The number of nitrogens with zero attached hydrogens (tertiary/aromatic N) is 3. The second kappa shape index (κ2) is 19.1. The van der Waals surface area contributed by atoms with Crippen LogP contribution < -0.4 is 4.74 Å². The number of aliphatic hydroxyl groups is 1. The number of benzene rings is 3. The van der Waals surface area contributed by atoms with E-state index < -0.39 is 6.10 Å². The number of aromatic hydroxyl groups is 1. The highest BCUT2D eigenvalue weighted by molar-refractivity contribution is 5.72. The molecule has 0 amide bonds. The zero-order valence-corrected chi connectivity index (χ0v) is 28.8. The number of ether oxygens (including phenoxy) is 2. The number of phenolic OH excluding ortho intramolecular Hbond substituents is 1. The first-order valence-corrected chi connectivity index (χ1v) is 17.5. The summed E-state index contributed by atoms with van der Waals surface area (Å²) < 4.78 is 11.5. The zero-order chi connectivity index (χ0) is 33.4. The van der Waals surface area contributed by atoms with Gasteiger partial charge >= 0.3 is 0 Å². The summed E-state index contributed by atoms with van der Waals surface area (Å²) in [6.45, 7) is 9.31. The molecule has 0 bridgehead atoms. The first-order valence-electron chi connectivity index (χ1n) is 17.5. The Balaban J connectivity index is 1.29. The summed E-state index contributed by atoms with van der Waals surface area (Å²) in [7, 11) is 0. The Labute approximate surface area is 281 Å². The molecule has 4 rings (SSSR count). The van der Waals surface area contributed by atoms with E-state index in [1.165, 1.54) is 63.9 Å². The molecule has 1 unspecified atom stereocenters. The van der Waals surface area contributed by atoms with Crippen LogP contribution in [0.3, 0.4) is 0 Å². The topological polar surface area (TPSA) is 97.6 Å². The fourth-order valence-corrected chi connectivity index (χ4v) is 5.74. The Morgan fingerprint density at radius 3 is 1.81 bits per heavy atom. The van der Waals surface area contributed by atoms with Crippen LogP contribution >= 0.6 is 0 Å². The number of unbranched alkanes of at least 4 members (excludes halogenated alkanes) is 10. The molecule has 3 aromatic carbocycles. The summed E-state index contributed by atoms with van der Waals surface area (Å²) in [6, 6.07) is 19.2. The summed E-state index contributed by atoms with van der Waals surface area (Å²) in [4.78, 5) is 14.4. The molecule has 0 fully saturated rings. The maximum atomic E-state index is 11.0. The molecule has 1 heterocycles. The van der Waals surface area contributed by atoms with Gasteiger partial charge in [0, 0.05) is 23.8 Å². The maximum absolute atomic E-state index is 11.0. The van der Waals surface area contributed by atoms with Crippen molar-refractivity contribution in [2.75, 3.05) is 19.8 Å². The number of aliphatic hydroxyl groups excluding tert-OH is 1. The Morgan fingerprint density at radius 1 is 0.617 bits per heavy atom. The van der Waals surface area contributed by atoms with Crippen molar-refractivity contribution in [2.24, 2.45) is 0 Å². The molecule has 0 aliphatic rings. The number of hydrogen-bond acceptors (Lipinski definition) is 7. The van der Waals surface area contributed by atoms with Gasteiger partial charge in [-0.2, -0.15) is 0 Å². The van der Waals surface area contributed by atoms with Gasteiger partial charge in [-0.05, 0) is 50.5 Å². The lowest BCUT2D eigenvalue weighted by Gasteiger charge is -2.14. The van der Waals surface area contributed by atoms with Gasteiger partial charge in [-0.3, -0.25) is 0 Å². The van der Waals surface area contributed by atoms with Crippen LogP contribution in [0.1, 0.15) is 94.2 Å². The molecule has 1 aromatic heterocycles. The van der Waals surface area contributed by atoms with E-state index in [0.717, 1.165) is 40.7 Å². The molecule has 0 saturated heterocycles. The summed E-state index contributed by atoms with van der Waals surface area (Å²) in [5.41, 5.74) is 5.55. The van der Waals surface area contributed by atoms with Gasteiger partial charge in [-0.25, -0.2) is 15.0 Å². The average molecular weight is 640 g/mol. The largest absolute Gasteiger partial charge is 0.507 e. The van der Waals surface area contributed by atoms with Gasteiger partial charge in [0.15, 0.2) is 17.5 Å². The Kier molecular flexibility index (Phi) is 14.7. The fraction of sp³-hybridized carbons (Fsp3) is 0.475. The third kappa shape index (κ3) is 11.4. The normalized spacial score (nSPS) is 11.9. The van der Waals surface area contributed by atoms with E-state index in [9.17, 15) is 10.2 Å². The third-order valence-corrected chi connectivity index (χ3v) is 8.50. The third-order valence-electron chi connectivity index (χ3n) is 8.50. The Hall–Kier alpha value is -3.81. The second-order valence-electron chi connectivity index (χ2n) is 12.7. The van der Waals surface area contributed by atoms with E-state index in [4.69, 9.17) is 24.4 Å². The minimum Gasteiger partial charge on any atom is -0.507 e. The summed E-state index contributed by atoms with van der Waals surface area (Å²) in [6.07, 6.45) is 13.4. The average Bonchev–Trinajstić information content (AvgIpc) is 3.06. The molecule has 0 radical (unpaired) electrons. The molecule has 47 heavy (non-hydrogen) atoms. The molecule has 252 valence electrons. The lowest BCUT2D eigenvalue weighted by molar-refractivity contribution is 0.0109. The van der Waals surface area contributed by atoms with Gasteiger partial charge in [0.25, 0.3) is 0 Å². The highest BCUT2D eigenvalue weighted by Gasteiger charge is 2.17. The minimum atomic E-state index is -0.759. The van der Waals surface area contributed by atoms with Gasteiger partial charge in [-0.1, -0.05) is 119 Å². The van der Waals surface area contributed by atoms with Crippen molar-refractivity contribution in [3.8, 4) is 45.7 Å². The number of phenols is 1. The highest BCUT2D eigenvalue weighted by Crippen LogP contribution is 2.34. The van der Waals surface area contributed by atoms with Crippen molar-refractivity contribution in [1.29, 1.82) is 0 Å². The molecule has 0 aliphatic carbocycles. The molecule has 0 saturated carbocycles. The molecule has 4 aromatic rings. The number of aromatic nitrogens is 3. The SMILES string of the molecule is CCCCCCCCCCCCCOCC(O)COc1ccc(-c2nc(-c3ccccc3C)nc(-c3ccc(C)cc3C)n2)c(O)c1. The van der Waals surface area contributed by atoms with Crippen LogP contribution in [0.4, 0.5) is 0 Å². The van der Waals surface area contributed by atoms with Crippen LogP contribution in [0, 0.1) is 20.8 Å². The predicted octanol–water partition coefficient (Wildman–Crippen LogP) is 9.57. The van der Waals surface area contributed by atoms with Crippen molar-refractivity contribution in [3.63, 3.8) is 0 Å². The van der Waals surface area contributed by atoms with E-state index in [1.807, 2.05) is 50.2 Å². The molecule has 1 atom stereocenters. The van der Waals surface area contributed by atoms with E-state index in [2.05, 4.69) is 19.9 Å². The molecule has 0 spiro atoms. The lowest BCUT2D eigenvalue weighted by Crippen LogP contribution is -2.23. The van der Waals surface area contributed by atoms with Gasteiger partial charge < -0.3 is 19.7 Å². The monoisotopic (exact) mass is 639 g/mol. The molecular weight excluding hydrogens is 586 g/mol. The van der Waals surface area contributed by atoms with E-state index in [1.54, 1.807) is 12.1 Å². The summed E-state index contributed by atoms with van der Waals surface area (Å²) >= 11 is 0. The molecule has 0 aliphatic heterocycles. The Bertz CT molecular complexity index is 1540. The van der Waals surface area contributed by atoms with Crippen LogP contribution in [0.25, 0.3) is 34.2 Å². The second-order valence-corrected chi connectivity index (χ2v) is 12.7. The smallest absolute Gasteiger partial charge is 0.167 e. The minimum absolute atomic E-state index is 0.0155. The van der Waals surface area contributed by atoms with Crippen molar-refractivity contribution >= 4 is 0 Å². The first-order chi connectivity index (χ1) is 22.9. The number of hydrogen-bond donors (Lipinski definition) is 2. The molecule has 7 heteroatoms. The van der Waals surface area contributed by atoms with E-state index in [0.29, 0.717) is 35.4 Å². The van der Waals surface area contributed by atoms with Crippen LogP contribution in [-0.2, 0) is 4.74 Å². The van der Waals surface area contributed by atoms with Gasteiger partial charge in [0.1, 0.15) is 24.2 Å². The van der Waals surface area contributed by atoms with Gasteiger partial charge in [0.05, 0.1) is 12.2 Å². The van der Waals surface area contributed by atoms with Crippen LogP contribution in [0.5, 0.6) is 11.5 Å². The Morgan fingerprint density at radius 2 is 1.19 bits per heavy atom. The quantitative estimate of drug-likeness (QED) is 0.0930. The van der Waals surface area contributed by atoms with Crippen molar-refractivity contribution in [1.82, 2.24) is 15.0 Å². The molecule has 7 nitrogen and oxygen atoms in total. The van der Waals surface area contributed by atoms with Crippen LogP contribution in [0.15, 0.2) is 60.7 Å². The fourth-order valence-electron chi connectivity index (χ4n) is 5.74. The summed E-state index contributed by atoms with van der Waals surface area (Å²) in [5, 5.41) is 21.4. The highest BCUT2D eigenvalue weighted by atomic mass is 16.5. The maximum Gasteiger partial charge on any atom is 0.167 e. The molecule has 2 N–H and O–H groups in total. The number of aryl methyl sites for hydroxylation is 3. The first kappa shape index (κ1) is 36.0. The zero-order valence-electron chi connectivity index (χ0n) is 28.8. The van der Waals surface area contributed by atoms with Gasteiger partial charge in [-0.15, -0.1) is 0 Å². The van der Waals surface area contributed by atoms with Crippen molar-refractivity contribution in [3.05, 3.63) is 77.4 Å². The van der Waals surface area contributed by atoms with Crippen LogP contribution in [-0.4, -0.2) is 51.1 Å². The van der Waals surface area contributed by atoms with Crippen molar-refractivity contribution in [2.45, 2.75) is 104 Å².